The normalized spacial score (nSPS) is 11.2. The zero-order chi connectivity index (χ0) is 10.1. The van der Waals surface area contributed by atoms with E-state index in [2.05, 4.69) is 13.2 Å². The van der Waals surface area contributed by atoms with Crippen LogP contribution in [0.5, 0.6) is 0 Å². The second-order valence-corrected chi connectivity index (χ2v) is 2.37. The Balaban J connectivity index is 0. The van der Waals surface area contributed by atoms with Crippen LogP contribution in [0.4, 0.5) is 4.39 Å². The lowest BCUT2D eigenvalue weighted by molar-refractivity contribution is 0.629. The van der Waals surface area contributed by atoms with E-state index in [1.807, 2.05) is 27.7 Å². The van der Waals surface area contributed by atoms with Gasteiger partial charge in [-0.3, -0.25) is 0 Å². The fourth-order valence-electron chi connectivity index (χ4n) is 0.727. The molecule has 0 aromatic rings. The standard InChI is InChI=1S/C9H13F.C2H6/c1-5-8(7(3)4)9(10)6-2;1-2/h5-7H,1-2H2,3-4H3;1-2H3/b9-8-;. The minimum absolute atomic E-state index is 0.176. The molecular formula is C11H19F. The van der Waals surface area contributed by atoms with E-state index in [0.29, 0.717) is 5.57 Å². The molecular weight excluding hydrogens is 151 g/mol. The van der Waals surface area contributed by atoms with Gasteiger partial charge in [0.2, 0.25) is 0 Å². The first-order chi connectivity index (χ1) is 5.63. The van der Waals surface area contributed by atoms with E-state index in [1.54, 1.807) is 0 Å². The van der Waals surface area contributed by atoms with Gasteiger partial charge in [-0.1, -0.05) is 46.9 Å². The maximum atomic E-state index is 12.7. The van der Waals surface area contributed by atoms with E-state index in [1.165, 1.54) is 12.2 Å². The van der Waals surface area contributed by atoms with Gasteiger partial charge in [0.15, 0.2) is 0 Å². The van der Waals surface area contributed by atoms with Crippen LogP contribution >= 0.6 is 0 Å². The molecule has 0 bridgehead atoms. The van der Waals surface area contributed by atoms with Crippen LogP contribution in [0.15, 0.2) is 36.7 Å². The summed E-state index contributed by atoms with van der Waals surface area (Å²) in [5.74, 6) is -0.0968. The van der Waals surface area contributed by atoms with Crippen LogP contribution in [0.3, 0.4) is 0 Å². The van der Waals surface area contributed by atoms with E-state index in [-0.39, 0.29) is 11.7 Å². The highest BCUT2D eigenvalue weighted by Gasteiger charge is 2.02. The fourth-order valence-corrected chi connectivity index (χ4v) is 0.727. The Bertz CT molecular complexity index is 164. The van der Waals surface area contributed by atoms with E-state index in [4.69, 9.17) is 0 Å². The number of halogens is 1. The molecule has 0 unspecified atom stereocenters. The lowest BCUT2D eigenvalue weighted by atomic mass is 10.0. The zero-order valence-corrected chi connectivity index (χ0v) is 8.52. The van der Waals surface area contributed by atoms with Crippen molar-refractivity contribution < 1.29 is 4.39 Å². The van der Waals surface area contributed by atoms with Crippen molar-refractivity contribution in [3.05, 3.63) is 36.7 Å². The van der Waals surface area contributed by atoms with Crippen molar-refractivity contribution in [2.24, 2.45) is 5.92 Å². The second kappa shape index (κ2) is 8.25. The van der Waals surface area contributed by atoms with Crippen molar-refractivity contribution in [1.82, 2.24) is 0 Å². The van der Waals surface area contributed by atoms with Crippen LogP contribution in [0, 0.1) is 5.92 Å². The predicted molar refractivity (Wildman–Crippen MR) is 54.7 cm³/mol. The van der Waals surface area contributed by atoms with E-state index < -0.39 is 0 Å². The van der Waals surface area contributed by atoms with Crippen LogP contribution in [0.25, 0.3) is 0 Å². The smallest absolute Gasteiger partial charge is 0.126 e. The highest BCUT2D eigenvalue weighted by atomic mass is 19.1. The third-order valence-electron chi connectivity index (χ3n) is 1.30. The second-order valence-electron chi connectivity index (χ2n) is 2.37. The molecule has 70 valence electrons. The number of hydrogen-bond donors (Lipinski definition) is 0. The molecule has 0 spiro atoms. The summed E-state index contributed by atoms with van der Waals surface area (Å²) < 4.78 is 12.7. The van der Waals surface area contributed by atoms with Gasteiger partial charge in [0.05, 0.1) is 0 Å². The van der Waals surface area contributed by atoms with Gasteiger partial charge in [-0.05, 0) is 17.6 Å². The molecule has 0 N–H and O–H groups in total. The Morgan fingerprint density at radius 2 is 1.58 bits per heavy atom. The van der Waals surface area contributed by atoms with Gasteiger partial charge in [-0.25, -0.2) is 4.39 Å². The SMILES string of the molecule is C=C/C(F)=C(\C=C)C(C)C.CC. The molecule has 0 rings (SSSR count). The molecule has 0 aliphatic heterocycles. The molecule has 0 atom stereocenters. The first-order valence-corrected chi connectivity index (χ1v) is 4.28. The monoisotopic (exact) mass is 170 g/mol. The Morgan fingerprint density at radius 3 is 1.67 bits per heavy atom. The van der Waals surface area contributed by atoms with Crippen molar-refractivity contribution in [2.75, 3.05) is 0 Å². The van der Waals surface area contributed by atoms with Gasteiger partial charge in [0.25, 0.3) is 0 Å². The van der Waals surface area contributed by atoms with Gasteiger partial charge >= 0.3 is 0 Å². The first-order valence-electron chi connectivity index (χ1n) is 4.28. The summed E-state index contributed by atoms with van der Waals surface area (Å²) >= 11 is 0. The van der Waals surface area contributed by atoms with Crippen molar-refractivity contribution in [3.63, 3.8) is 0 Å². The molecule has 0 radical (unpaired) electrons. The molecule has 0 heterocycles. The molecule has 1 heteroatoms. The van der Waals surface area contributed by atoms with Gasteiger partial charge < -0.3 is 0 Å². The van der Waals surface area contributed by atoms with Gasteiger partial charge in [-0.15, -0.1) is 0 Å². The van der Waals surface area contributed by atoms with Crippen molar-refractivity contribution in [2.45, 2.75) is 27.7 Å². The summed E-state index contributed by atoms with van der Waals surface area (Å²) in [4.78, 5) is 0. The van der Waals surface area contributed by atoms with Crippen molar-refractivity contribution >= 4 is 0 Å². The molecule has 0 saturated heterocycles. The summed E-state index contributed by atoms with van der Waals surface area (Å²) in [6.07, 6.45) is 2.73. The highest BCUT2D eigenvalue weighted by Crippen LogP contribution is 2.17. The molecule has 0 saturated carbocycles. The van der Waals surface area contributed by atoms with Crippen LogP contribution in [-0.4, -0.2) is 0 Å². The molecule has 0 fully saturated rings. The fraction of sp³-hybridized carbons (Fsp3) is 0.455. The van der Waals surface area contributed by atoms with E-state index >= 15 is 0 Å². The van der Waals surface area contributed by atoms with E-state index in [0.717, 1.165) is 0 Å². The molecule has 0 aliphatic rings. The predicted octanol–water partition coefficient (Wildman–Crippen LogP) is 4.26. The molecule has 0 aliphatic carbocycles. The molecule has 0 aromatic carbocycles. The quantitative estimate of drug-likeness (QED) is 0.555. The minimum atomic E-state index is -0.273. The van der Waals surface area contributed by atoms with E-state index in [9.17, 15) is 4.39 Å². The van der Waals surface area contributed by atoms with Crippen molar-refractivity contribution in [3.8, 4) is 0 Å². The summed E-state index contributed by atoms with van der Waals surface area (Å²) in [6.45, 7) is 14.7. The van der Waals surface area contributed by atoms with Gasteiger partial charge in [0.1, 0.15) is 5.83 Å². The van der Waals surface area contributed by atoms with Gasteiger partial charge in [0, 0.05) is 0 Å². The van der Waals surface area contributed by atoms with Gasteiger partial charge in [-0.2, -0.15) is 0 Å². The number of hydrogen-bond acceptors (Lipinski definition) is 0. The summed E-state index contributed by atoms with van der Waals surface area (Å²) in [5, 5.41) is 0. The average molecular weight is 170 g/mol. The first kappa shape index (κ1) is 13.7. The number of rotatable bonds is 3. The largest absolute Gasteiger partial charge is 0.207 e. The average Bonchev–Trinajstić information content (AvgIpc) is 2.08. The molecule has 0 amide bonds. The lowest BCUT2D eigenvalue weighted by Gasteiger charge is -2.04. The molecule has 12 heavy (non-hydrogen) atoms. The Kier molecular flexibility index (Phi) is 9.43. The van der Waals surface area contributed by atoms with Crippen LogP contribution in [0.2, 0.25) is 0 Å². The van der Waals surface area contributed by atoms with Crippen LogP contribution in [-0.2, 0) is 0 Å². The maximum Gasteiger partial charge on any atom is 0.126 e. The topological polar surface area (TPSA) is 0 Å². The van der Waals surface area contributed by atoms with Crippen molar-refractivity contribution in [1.29, 1.82) is 0 Å². The lowest BCUT2D eigenvalue weighted by Crippen LogP contribution is -1.91. The summed E-state index contributed by atoms with van der Waals surface area (Å²) in [5.41, 5.74) is 0.620. The summed E-state index contributed by atoms with van der Waals surface area (Å²) in [6, 6.07) is 0. The minimum Gasteiger partial charge on any atom is -0.207 e. The summed E-state index contributed by atoms with van der Waals surface area (Å²) in [7, 11) is 0. The van der Waals surface area contributed by atoms with Crippen LogP contribution < -0.4 is 0 Å². The Morgan fingerprint density at radius 1 is 1.17 bits per heavy atom. The maximum absolute atomic E-state index is 12.7. The zero-order valence-electron chi connectivity index (χ0n) is 8.52. The highest BCUT2D eigenvalue weighted by molar-refractivity contribution is 5.27. The molecule has 0 aromatic heterocycles. The number of allylic oxidation sites excluding steroid dienone is 4. The van der Waals surface area contributed by atoms with Crippen LogP contribution in [0.1, 0.15) is 27.7 Å². The third-order valence-corrected chi connectivity index (χ3v) is 1.30. The molecule has 0 nitrogen and oxygen atoms in total. The third kappa shape index (κ3) is 4.89. The Labute approximate surface area is 75.5 Å². The Hall–Kier alpha value is -0.850.